The Bertz CT molecular complexity index is 973. The average Bonchev–Trinajstić information content (AvgIpc) is 3.32. The first-order valence-electron chi connectivity index (χ1n) is 8.04. The minimum atomic E-state index is -0.669. The molecule has 6 nitrogen and oxygen atoms in total. The number of fused-ring (bicyclic) bond motifs is 1. The fourth-order valence-electron chi connectivity index (χ4n) is 2.68. The van der Waals surface area contributed by atoms with Gasteiger partial charge in [-0.1, -0.05) is 12.1 Å². The molecule has 1 amide bonds. The van der Waals surface area contributed by atoms with Crippen LogP contribution in [0.25, 0.3) is 11.1 Å². The molecule has 7 heteroatoms. The summed E-state index contributed by atoms with van der Waals surface area (Å²) < 4.78 is 18.2. The normalized spacial score (nSPS) is 15.1. The minimum absolute atomic E-state index is 0.171. The van der Waals surface area contributed by atoms with E-state index in [2.05, 4.69) is 15.6 Å². The Morgan fingerprint density at radius 1 is 1.20 bits per heavy atom. The van der Waals surface area contributed by atoms with Crippen molar-refractivity contribution in [2.75, 3.05) is 5.32 Å². The zero-order chi connectivity index (χ0) is 17.4. The molecular formula is C18H16FN3O3. The molecule has 1 aromatic heterocycles. The van der Waals surface area contributed by atoms with Crippen molar-refractivity contribution in [2.45, 2.75) is 24.9 Å². The summed E-state index contributed by atoms with van der Waals surface area (Å²) >= 11 is 0. The van der Waals surface area contributed by atoms with Crippen LogP contribution in [0.5, 0.6) is 0 Å². The van der Waals surface area contributed by atoms with Crippen molar-refractivity contribution in [3.63, 3.8) is 0 Å². The lowest BCUT2D eigenvalue weighted by Crippen LogP contribution is -2.34. The summed E-state index contributed by atoms with van der Waals surface area (Å²) in [5.41, 5.74) is 2.27. The second-order valence-electron chi connectivity index (χ2n) is 6.14. The van der Waals surface area contributed by atoms with Crippen molar-refractivity contribution in [2.24, 2.45) is 0 Å². The van der Waals surface area contributed by atoms with Crippen LogP contribution < -0.4 is 16.4 Å². The predicted octanol–water partition coefficient (Wildman–Crippen LogP) is 2.69. The average molecular weight is 341 g/mol. The molecule has 1 heterocycles. The first-order valence-corrected chi connectivity index (χ1v) is 8.04. The van der Waals surface area contributed by atoms with Crippen molar-refractivity contribution < 1.29 is 13.6 Å². The number of aromatic nitrogens is 1. The van der Waals surface area contributed by atoms with Gasteiger partial charge in [0.15, 0.2) is 5.58 Å². The fourth-order valence-corrected chi connectivity index (χ4v) is 2.68. The van der Waals surface area contributed by atoms with Crippen molar-refractivity contribution in [3.8, 4) is 0 Å². The third-order valence-electron chi connectivity index (χ3n) is 4.12. The molecule has 1 atom stereocenters. The first kappa shape index (κ1) is 15.4. The topological polar surface area (TPSA) is 87.1 Å². The van der Waals surface area contributed by atoms with Crippen LogP contribution in [-0.2, 0) is 4.79 Å². The van der Waals surface area contributed by atoms with E-state index in [-0.39, 0.29) is 17.8 Å². The molecule has 0 spiro atoms. The molecular weight excluding hydrogens is 325 g/mol. The molecule has 0 bridgehead atoms. The molecule has 0 radical (unpaired) electrons. The number of hydrogen-bond acceptors (Lipinski definition) is 4. The Morgan fingerprint density at radius 2 is 1.96 bits per heavy atom. The van der Waals surface area contributed by atoms with Crippen molar-refractivity contribution in [1.29, 1.82) is 0 Å². The SMILES string of the molecule is O=C(NC1CC1)[C@H](Nc1ccc2oc(=O)[nH]c2c1)c1ccc(F)cc1. The third kappa shape index (κ3) is 3.40. The van der Waals surface area contributed by atoms with E-state index in [1.807, 2.05) is 0 Å². The molecule has 1 aliphatic rings. The summed E-state index contributed by atoms with van der Waals surface area (Å²) in [6.45, 7) is 0. The van der Waals surface area contributed by atoms with E-state index < -0.39 is 11.8 Å². The van der Waals surface area contributed by atoms with Gasteiger partial charge in [0.25, 0.3) is 0 Å². The van der Waals surface area contributed by atoms with Crippen molar-refractivity contribution in [1.82, 2.24) is 10.3 Å². The molecule has 3 N–H and O–H groups in total. The maximum atomic E-state index is 13.2. The van der Waals surface area contributed by atoms with E-state index in [4.69, 9.17) is 4.42 Å². The van der Waals surface area contributed by atoms with Gasteiger partial charge in [0.1, 0.15) is 11.9 Å². The number of carbonyl (C=O) groups excluding carboxylic acids is 1. The van der Waals surface area contributed by atoms with Crippen LogP contribution >= 0.6 is 0 Å². The van der Waals surface area contributed by atoms with Crippen molar-refractivity contribution >= 4 is 22.7 Å². The molecule has 1 aliphatic carbocycles. The second-order valence-corrected chi connectivity index (χ2v) is 6.14. The number of halogens is 1. The van der Waals surface area contributed by atoms with Crippen LogP contribution in [-0.4, -0.2) is 16.9 Å². The zero-order valence-corrected chi connectivity index (χ0v) is 13.2. The molecule has 0 saturated heterocycles. The molecule has 3 aromatic rings. The minimum Gasteiger partial charge on any atom is -0.408 e. The number of nitrogens with one attached hydrogen (secondary N) is 3. The summed E-state index contributed by atoms with van der Waals surface area (Å²) in [5, 5.41) is 6.11. The first-order chi connectivity index (χ1) is 12.1. The number of oxazole rings is 1. The third-order valence-corrected chi connectivity index (χ3v) is 4.12. The maximum absolute atomic E-state index is 13.2. The number of anilines is 1. The molecule has 25 heavy (non-hydrogen) atoms. The summed E-state index contributed by atoms with van der Waals surface area (Å²) in [6.07, 6.45) is 1.95. The number of rotatable bonds is 5. The number of carbonyl (C=O) groups is 1. The fraction of sp³-hybridized carbons (Fsp3) is 0.222. The molecule has 4 rings (SSSR count). The maximum Gasteiger partial charge on any atom is 0.417 e. The highest BCUT2D eigenvalue weighted by molar-refractivity contribution is 5.87. The van der Waals surface area contributed by atoms with Gasteiger partial charge >= 0.3 is 5.76 Å². The summed E-state index contributed by atoms with van der Waals surface area (Å²) in [7, 11) is 0. The van der Waals surface area contributed by atoms with E-state index in [9.17, 15) is 14.0 Å². The monoisotopic (exact) mass is 341 g/mol. The summed E-state index contributed by atoms with van der Waals surface area (Å²) in [6, 6.07) is 10.4. The van der Waals surface area contributed by atoms with Gasteiger partial charge in [-0.25, -0.2) is 9.18 Å². The van der Waals surface area contributed by atoms with Crippen LogP contribution in [0.2, 0.25) is 0 Å². The smallest absolute Gasteiger partial charge is 0.408 e. The van der Waals surface area contributed by atoms with Gasteiger partial charge in [0.05, 0.1) is 5.52 Å². The van der Waals surface area contributed by atoms with E-state index in [1.165, 1.54) is 12.1 Å². The molecule has 2 aromatic carbocycles. The van der Waals surface area contributed by atoms with E-state index >= 15 is 0 Å². The standard InChI is InChI=1S/C18H16FN3O3/c19-11-3-1-10(2-4-11)16(17(23)21-12-5-6-12)20-13-7-8-15-14(9-13)22-18(24)25-15/h1-4,7-9,12,16,20H,5-6H2,(H,21,23)(H,22,24)/t16-/m1/s1. The molecule has 128 valence electrons. The Morgan fingerprint density at radius 3 is 2.68 bits per heavy atom. The number of benzene rings is 2. The van der Waals surface area contributed by atoms with Crippen LogP contribution in [0.3, 0.4) is 0 Å². The van der Waals surface area contributed by atoms with Gasteiger partial charge in [-0.15, -0.1) is 0 Å². The number of H-pyrrole nitrogens is 1. The second kappa shape index (κ2) is 6.08. The van der Waals surface area contributed by atoms with Gasteiger partial charge in [0.2, 0.25) is 5.91 Å². The van der Waals surface area contributed by atoms with Crippen LogP contribution in [0.15, 0.2) is 51.7 Å². The summed E-state index contributed by atoms with van der Waals surface area (Å²) in [5.74, 6) is -1.06. The largest absolute Gasteiger partial charge is 0.417 e. The Balaban J connectivity index is 1.64. The van der Waals surface area contributed by atoms with Gasteiger partial charge in [0, 0.05) is 11.7 Å². The van der Waals surface area contributed by atoms with Crippen molar-refractivity contribution in [3.05, 3.63) is 64.4 Å². The number of hydrogen-bond donors (Lipinski definition) is 3. The molecule has 1 saturated carbocycles. The summed E-state index contributed by atoms with van der Waals surface area (Å²) in [4.78, 5) is 26.5. The van der Waals surface area contributed by atoms with Crippen LogP contribution in [0.4, 0.5) is 10.1 Å². The van der Waals surface area contributed by atoms with Crippen LogP contribution in [0.1, 0.15) is 24.4 Å². The van der Waals surface area contributed by atoms with E-state index in [0.29, 0.717) is 22.4 Å². The molecule has 1 fully saturated rings. The Kier molecular flexibility index (Phi) is 3.76. The van der Waals surface area contributed by atoms with Gasteiger partial charge in [-0.2, -0.15) is 0 Å². The van der Waals surface area contributed by atoms with E-state index in [0.717, 1.165) is 12.8 Å². The highest BCUT2D eigenvalue weighted by atomic mass is 19.1. The lowest BCUT2D eigenvalue weighted by atomic mass is 10.1. The quantitative estimate of drug-likeness (QED) is 0.666. The highest BCUT2D eigenvalue weighted by Gasteiger charge is 2.28. The van der Waals surface area contributed by atoms with Crippen LogP contribution in [0, 0.1) is 5.82 Å². The van der Waals surface area contributed by atoms with Gasteiger partial charge < -0.3 is 15.1 Å². The number of amides is 1. The zero-order valence-electron chi connectivity index (χ0n) is 13.2. The highest BCUT2D eigenvalue weighted by Crippen LogP contribution is 2.25. The molecule has 0 aliphatic heterocycles. The Hall–Kier alpha value is -3.09. The van der Waals surface area contributed by atoms with Gasteiger partial charge in [-0.05, 0) is 48.7 Å². The predicted molar refractivity (Wildman–Crippen MR) is 90.8 cm³/mol. The van der Waals surface area contributed by atoms with E-state index in [1.54, 1.807) is 30.3 Å². The molecule has 0 unspecified atom stereocenters. The number of aromatic amines is 1. The Labute approximate surface area is 142 Å². The lowest BCUT2D eigenvalue weighted by Gasteiger charge is -2.20. The van der Waals surface area contributed by atoms with Gasteiger partial charge in [-0.3, -0.25) is 9.78 Å². The lowest BCUT2D eigenvalue weighted by molar-refractivity contribution is -0.122.